The minimum atomic E-state index is -1.05. The predicted molar refractivity (Wildman–Crippen MR) is 78.1 cm³/mol. The van der Waals surface area contributed by atoms with Crippen molar-refractivity contribution in [2.45, 2.75) is 0 Å². The number of hydrogen-bond donors (Lipinski definition) is 2. The molecule has 0 fully saturated rings. The molecule has 2 aromatic rings. The smallest absolute Gasteiger partial charge is 0.328 e. The first-order valence-electron chi connectivity index (χ1n) is 5.84. The summed E-state index contributed by atoms with van der Waals surface area (Å²) in [6.45, 7) is 0. The van der Waals surface area contributed by atoms with Crippen molar-refractivity contribution in [2.75, 3.05) is 5.32 Å². The molecule has 2 N–H and O–H groups in total. The number of anilines is 1. The molecule has 2 heterocycles. The van der Waals surface area contributed by atoms with Gasteiger partial charge < -0.3 is 10.4 Å². The fraction of sp³-hybridized carbons (Fsp3) is 0. The van der Waals surface area contributed by atoms with Crippen LogP contribution in [-0.4, -0.2) is 27.0 Å². The van der Waals surface area contributed by atoms with Gasteiger partial charge in [0.2, 0.25) is 0 Å². The number of aromatic nitrogens is 2. The van der Waals surface area contributed by atoms with Crippen molar-refractivity contribution in [2.24, 2.45) is 0 Å². The van der Waals surface area contributed by atoms with Crippen LogP contribution >= 0.6 is 11.6 Å². The van der Waals surface area contributed by atoms with E-state index in [4.69, 9.17) is 16.7 Å². The Morgan fingerprint density at radius 2 is 1.95 bits per heavy atom. The largest absolute Gasteiger partial charge is 0.478 e. The monoisotopic (exact) mass is 303 g/mol. The van der Waals surface area contributed by atoms with E-state index < -0.39 is 11.9 Å². The molecule has 0 aliphatic rings. The molecular weight excluding hydrogens is 294 g/mol. The molecule has 2 aromatic heterocycles. The molecule has 7 heteroatoms. The zero-order valence-electron chi connectivity index (χ0n) is 10.7. The van der Waals surface area contributed by atoms with Gasteiger partial charge >= 0.3 is 5.97 Å². The third-order valence-electron chi connectivity index (χ3n) is 2.41. The van der Waals surface area contributed by atoms with Gasteiger partial charge in [0, 0.05) is 18.5 Å². The average molecular weight is 304 g/mol. The van der Waals surface area contributed by atoms with Crippen molar-refractivity contribution >= 4 is 35.4 Å². The number of carboxylic acids is 1. The second-order valence-electron chi connectivity index (χ2n) is 3.96. The van der Waals surface area contributed by atoms with Crippen molar-refractivity contribution in [1.29, 1.82) is 0 Å². The Morgan fingerprint density at radius 3 is 2.52 bits per heavy atom. The first-order chi connectivity index (χ1) is 10.0. The maximum atomic E-state index is 11.9. The van der Waals surface area contributed by atoms with E-state index in [0.717, 1.165) is 6.08 Å². The number of rotatable bonds is 4. The van der Waals surface area contributed by atoms with Gasteiger partial charge in [-0.25, -0.2) is 9.78 Å². The number of amides is 1. The summed E-state index contributed by atoms with van der Waals surface area (Å²) in [6, 6.07) is 6.27. The van der Waals surface area contributed by atoms with Crippen molar-refractivity contribution in [3.63, 3.8) is 0 Å². The van der Waals surface area contributed by atoms with Gasteiger partial charge in [-0.2, -0.15) is 0 Å². The van der Waals surface area contributed by atoms with Crippen LogP contribution in [0.15, 0.2) is 42.7 Å². The van der Waals surface area contributed by atoms with Gasteiger partial charge in [-0.15, -0.1) is 0 Å². The van der Waals surface area contributed by atoms with E-state index in [9.17, 15) is 9.59 Å². The second kappa shape index (κ2) is 6.62. The summed E-state index contributed by atoms with van der Waals surface area (Å²) in [4.78, 5) is 30.2. The molecule has 1 amide bonds. The molecule has 0 saturated heterocycles. The number of carbonyl (C=O) groups is 2. The first kappa shape index (κ1) is 14.7. The number of aliphatic carboxylic acids is 1. The summed E-state index contributed by atoms with van der Waals surface area (Å²) in [5.41, 5.74) is 0.776. The van der Waals surface area contributed by atoms with Crippen LogP contribution in [0.1, 0.15) is 16.1 Å². The maximum absolute atomic E-state index is 11.9. The Balaban J connectivity index is 2.06. The molecule has 0 spiro atoms. The number of halogens is 1. The van der Waals surface area contributed by atoms with Gasteiger partial charge in [0.15, 0.2) is 0 Å². The molecule has 0 saturated carbocycles. The lowest BCUT2D eigenvalue weighted by Crippen LogP contribution is -2.14. The zero-order chi connectivity index (χ0) is 15.2. The normalized spacial score (nSPS) is 10.5. The van der Waals surface area contributed by atoms with Gasteiger partial charge in [0.1, 0.15) is 11.5 Å². The highest BCUT2D eigenvalue weighted by Crippen LogP contribution is 2.11. The molecular formula is C14H10ClN3O3. The summed E-state index contributed by atoms with van der Waals surface area (Å²) in [5, 5.41) is 11.6. The van der Waals surface area contributed by atoms with Gasteiger partial charge in [-0.3, -0.25) is 9.78 Å². The summed E-state index contributed by atoms with van der Waals surface area (Å²) in [5.74, 6) is -1.11. The van der Waals surface area contributed by atoms with E-state index in [1.807, 2.05) is 0 Å². The van der Waals surface area contributed by atoms with Crippen LogP contribution in [0.5, 0.6) is 0 Å². The summed E-state index contributed by atoms with van der Waals surface area (Å²) >= 11 is 5.70. The van der Waals surface area contributed by atoms with Crippen molar-refractivity contribution in [3.8, 4) is 0 Å². The predicted octanol–water partition coefficient (Wildman–Crippen LogP) is 2.48. The number of nitrogens with one attached hydrogen (secondary N) is 1. The fourth-order valence-corrected chi connectivity index (χ4v) is 1.55. The summed E-state index contributed by atoms with van der Waals surface area (Å²) in [6.07, 6.45) is 5.21. The third kappa shape index (κ3) is 4.39. The van der Waals surface area contributed by atoms with Crippen molar-refractivity contribution in [1.82, 2.24) is 9.97 Å². The van der Waals surface area contributed by atoms with Gasteiger partial charge in [0.25, 0.3) is 5.91 Å². The maximum Gasteiger partial charge on any atom is 0.328 e. The lowest BCUT2D eigenvalue weighted by atomic mass is 10.2. The molecule has 6 nitrogen and oxygen atoms in total. The Hall–Kier alpha value is -2.73. The zero-order valence-corrected chi connectivity index (χ0v) is 11.4. The van der Waals surface area contributed by atoms with E-state index in [1.165, 1.54) is 24.5 Å². The molecule has 0 atom stereocenters. The van der Waals surface area contributed by atoms with Crippen LogP contribution in [0.2, 0.25) is 5.02 Å². The average Bonchev–Trinajstić information content (AvgIpc) is 2.48. The van der Waals surface area contributed by atoms with E-state index in [0.29, 0.717) is 16.4 Å². The molecule has 0 bridgehead atoms. The highest BCUT2D eigenvalue weighted by atomic mass is 35.5. The van der Waals surface area contributed by atoms with Crippen LogP contribution in [0.3, 0.4) is 0 Å². The highest BCUT2D eigenvalue weighted by molar-refractivity contribution is 6.30. The molecule has 21 heavy (non-hydrogen) atoms. The quantitative estimate of drug-likeness (QED) is 0.847. The molecule has 0 unspecified atom stereocenters. The van der Waals surface area contributed by atoms with Crippen LogP contribution < -0.4 is 5.32 Å². The van der Waals surface area contributed by atoms with Crippen LogP contribution in [-0.2, 0) is 4.79 Å². The number of pyridine rings is 2. The highest BCUT2D eigenvalue weighted by Gasteiger charge is 2.07. The Bertz CT molecular complexity index is 682. The number of carboxylic acid groups (broad SMARTS) is 1. The van der Waals surface area contributed by atoms with E-state index in [-0.39, 0.29) is 5.69 Å². The first-order valence-corrected chi connectivity index (χ1v) is 6.22. The Labute approximate surface area is 125 Å². The Kier molecular flexibility index (Phi) is 4.63. The molecule has 0 aliphatic carbocycles. The minimum absolute atomic E-state index is 0.194. The van der Waals surface area contributed by atoms with E-state index in [2.05, 4.69) is 15.3 Å². The van der Waals surface area contributed by atoms with Gasteiger partial charge in [-0.1, -0.05) is 17.7 Å². The number of carbonyl (C=O) groups excluding carboxylic acids is 1. The molecule has 0 aliphatic heterocycles. The van der Waals surface area contributed by atoms with Crippen LogP contribution in [0.25, 0.3) is 6.08 Å². The molecule has 0 aromatic carbocycles. The fourth-order valence-electron chi connectivity index (χ4n) is 1.44. The van der Waals surface area contributed by atoms with E-state index in [1.54, 1.807) is 18.2 Å². The summed E-state index contributed by atoms with van der Waals surface area (Å²) in [7, 11) is 0. The molecule has 0 radical (unpaired) electrons. The standard InChI is InChI=1S/C14H10ClN3O3/c15-10-3-5-12(17-8-10)18-14(21)11-4-1-9(7-16-11)2-6-13(19)20/h1-8H,(H,19,20)(H,17,18,21). The van der Waals surface area contributed by atoms with E-state index >= 15 is 0 Å². The number of hydrogen-bond acceptors (Lipinski definition) is 4. The number of nitrogens with zero attached hydrogens (tertiary/aromatic N) is 2. The van der Waals surface area contributed by atoms with Gasteiger partial charge in [-0.05, 0) is 29.8 Å². The molecule has 106 valence electrons. The minimum Gasteiger partial charge on any atom is -0.478 e. The van der Waals surface area contributed by atoms with Gasteiger partial charge in [0.05, 0.1) is 5.02 Å². The second-order valence-corrected chi connectivity index (χ2v) is 4.40. The lowest BCUT2D eigenvalue weighted by Gasteiger charge is -2.03. The molecule has 2 rings (SSSR count). The van der Waals surface area contributed by atoms with Crippen LogP contribution in [0, 0.1) is 0 Å². The third-order valence-corrected chi connectivity index (χ3v) is 2.63. The topological polar surface area (TPSA) is 92.2 Å². The Morgan fingerprint density at radius 1 is 1.14 bits per heavy atom. The lowest BCUT2D eigenvalue weighted by molar-refractivity contribution is -0.131. The van der Waals surface area contributed by atoms with Crippen molar-refractivity contribution < 1.29 is 14.7 Å². The van der Waals surface area contributed by atoms with Crippen LogP contribution in [0.4, 0.5) is 5.82 Å². The van der Waals surface area contributed by atoms with Crippen molar-refractivity contribution in [3.05, 3.63) is 59.0 Å². The summed E-state index contributed by atoms with van der Waals surface area (Å²) < 4.78 is 0. The SMILES string of the molecule is O=C(O)C=Cc1ccc(C(=O)Nc2ccc(Cl)cn2)nc1.